The number of rotatable bonds is 16. The molecule has 0 fully saturated rings. The van der Waals surface area contributed by atoms with Crippen molar-refractivity contribution < 1.29 is 17.1 Å². The van der Waals surface area contributed by atoms with Crippen molar-refractivity contribution in [3.63, 3.8) is 0 Å². The van der Waals surface area contributed by atoms with E-state index in [0.717, 1.165) is 32.2 Å². The Morgan fingerprint density at radius 2 is 1.68 bits per heavy atom. The van der Waals surface area contributed by atoms with E-state index in [0.29, 0.717) is 6.54 Å². The van der Waals surface area contributed by atoms with Crippen LogP contribution in [0.1, 0.15) is 71.6 Å². The molecule has 0 spiro atoms. The number of nitrogens with one attached hydrogen (secondary N) is 2. The Balaban J connectivity index is 0.00000729. The molecule has 0 radical (unpaired) electrons. The molecular weight excluding hydrogens is 370 g/mol. The second kappa shape index (κ2) is 17.7. The van der Waals surface area contributed by atoms with Crippen molar-refractivity contribution >= 4 is 0 Å². The Hall–Kier alpha value is -1.35. The SMILES string of the molecule is CCCCCCCC(N)CC(N[n+]1ccccc1)C(C#N)CNCCCC.[Cl-]. The van der Waals surface area contributed by atoms with E-state index in [1.165, 1.54) is 32.1 Å². The standard InChI is InChI=1S/C22H40N5.ClH/c1-3-5-7-8-10-13-21(24)17-22(26-27-15-11-9-12-16-27)20(18-23)19-25-14-6-4-2;/h9,11-12,15-16,20-22,25-26H,3-8,10,13-14,17,19,24H2,1-2H3;1H/q+1;/p-1. The Morgan fingerprint density at radius 1 is 1.00 bits per heavy atom. The molecule has 1 heterocycles. The van der Waals surface area contributed by atoms with Crippen molar-refractivity contribution in [2.75, 3.05) is 18.5 Å². The summed E-state index contributed by atoms with van der Waals surface area (Å²) in [6.07, 6.45) is 14.4. The van der Waals surface area contributed by atoms with Gasteiger partial charge in [0.05, 0.1) is 18.0 Å². The van der Waals surface area contributed by atoms with Gasteiger partial charge in [-0.05, 0) is 25.8 Å². The van der Waals surface area contributed by atoms with Crippen molar-refractivity contribution in [2.45, 2.75) is 83.7 Å². The highest BCUT2D eigenvalue weighted by Crippen LogP contribution is 2.14. The van der Waals surface area contributed by atoms with E-state index < -0.39 is 0 Å². The highest BCUT2D eigenvalue weighted by atomic mass is 35.5. The zero-order chi connectivity index (χ0) is 19.7. The molecule has 1 aromatic heterocycles. The van der Waals surface area contributed by atoms with Crippen LogP contribution in [0.2, 0.25) is 0 Å². The molecule has 0 aliphatic heterocycles. The molecule has 0 aliphatic carbocycles. The topological polar surface area (TPSA) is 77.8 Å². The van der Waals surface area contributed by atoms with Gasteiger partial charge in [0, 0.05) is 24.7 Å². The Kier molecular flexibility index (Phi) is 16.9. The maximum Gasteiger partial charge on any atom is 0.199 e. The fraction of sp³-hybridized carbons (Fsp3) is 0.727. The van der Waals surface area contributed by atoms with Crippen molar-refractivity contribution in [1.82, 2.24) is 5.32 Å². The molecule has 3 unspecified atom stereocenters. The largest absolute Gasteiger partial charge is 1.00 e. The summed E-state index contributed by atoms with van der Waals surface area (Å²) in [5.74, 6) is -0.110. The molecule has 1 aromatic rings. The van der Waals surface area contributed by atoms with E-state index in [1.54, 1.807) is 0 Å². The molecule has 0 aromatic carbocycles. The molecule has 0 aliphatic rings. The number of aromatic nitrogens is 1. The van der Waals surface area contributed by atoms with Crippen LogP contribution < -0.4 is 33.6 Å². The van der Waals surface area contributed by atoms with Crippen molar-refractivity contribution in [3.05, 3.63) is 30.6 Å². The van der Waals surface area contributed by atoms with Crippen LogP contribution in [0, 0.1) is 17.2 Å². The highest BCUT2D eigenvalue weighted by Gasteiger charge is 2.26. The van der Waals surface area contributed by atoms with Gasteiger partial charge in [-0.3, -0.25) is 0 Å². The first-order valence-electron chi connectivity index (χ1n) is 10.8. The fourth-order valence-electron chi connectivity index (χ4n) is 3.27. The number of nitrogens with zero attached hydrogens (tertiary/aromatic N) is 2. The van der Waals surface area contributed by atoms with Crippen LogP contribution in [0.4, 0.5) is 0 Å². The molecular formula is C22H40ClN5. The molecule has 1 rings (SSSR count). The molecule has 3 atom stereocenters. The van der Waals surface area contributed by atoms with Crippen LogP contribution in [0.3, 0.4) is 0 Å². The summed E-state index contributed by atoms with van der Waals surface area (Å²) >= 11 is 0. The number of pyridine rings is 1. The van der Waals surface area contributed by atoms with Gasteiger partial charge >= 0.3 is 0 Å². The van der Waals surface area contributed by atoms with Crippen molar-refractivity contribution in [3.8, 4) is 6.07 Å². The summed E-state index contributed by atoms with van der Waals surface area (Å²) in [6, 6.07) is 8.61. The highest BCUT2D eigenvalue weighted by molar-refractivity contribution is 4.98. The van der Waals surface area contributed by atoms with Gasteiger partial charge in [-0.1, -0.05) is 63.1 Å². The number of hydrogen-bond acceptors (Lipinski definition) is 4. The summed E-state index contributed by atoms with van der Waals surface area (Å²) in [4.78, 5) is 0. The van der Waals surface area contributed by atoms with E-state index in [9.17, 15) is 5.26 Å². The van der Waals surface area contributed by atoms with Gasteiger partial charge in [-0.2, -0.15) is 10.7 Å². The smallest absolute Gasteiger partial charge is 0.199 e. The first-order chi connectivity index (χ1) is 13.2. The van der Waals surface area contributed by atoms with Crippen molar-refractivity contribution in [2.24, 2.45) is 11.7 Å². The molecule has 6 heteroatoms. The third-order valence-corrected chi connectivity index (χ3v) is 4.99. The predicted octanol–water partition coefficient (Wildman–Crippen LogP) is 0.498. The second-order valence-corrected chi connectivity index (χ2v) is 7.51. The molecule has 4 N–H and O–H groups in total. The number of halogens is 1. The van der Waals surface area contributed by atoms with Crippen molar-refractivity contribution in [1.29, 1.82) is 5.26 Å². The molecule has 160 valence electrons. The lowest BCUT2D eigenvalue weighted by atomic mass is 9.93. The maximum atomic E-state index is 9.74. The zero-order valence-corrected chi connectivity index (χ0v) is 18.5. The summed E-state index contributed by atoms with van der Waals surface area (Å²) in [5.41, 5.74) is 9.92. The lowest BCUT2D eigenvalue weighted by molar-refractivity contribution is -0.654. The lowest BCUT2D eigenvalue weighted by Gasteiger charge is -2.24. The van der Waals surface area contributed by atoms with Gasteiger partial charge in [0.2, 0.25) is 0 Å². The number of hydrogen-bond donors (Lipinski definition) is 3. The van der Waals surface area contributed by atoms with Crippen LogP contribution in [0.5, 0.6) is 0 Å². The summed E-state index contributed by atoms with van der Waals surface area (Å²) in [5, 5.41) is 13.2. The van der Waals surface area contributed by atoms with Crippen LogP contribution in [0.15, 0.2) is 30.6 Å². The van der Waals surface area contributed by atoms with Gasteiger partial charge < -0.3 is 23.5 Å². The minimum absolute atomic E-state index is 0. The average Bonchev–Trinajstić information content (AvgIpc) is 2.68. The van der Waals surface area contributed by atoms with Gasteiger partial charge in [-0.15, -0.1) is 0 Å². The molecule has 0 saturated carbocycles. The van der Waals surface area contributed by atoms with Gasteiger partial charge in [0.1, 0.15) is 0 Å². The first kappa shape index (κ1) is 26.6. The van der Waals surface area contributed by atoms with Gasteiger partial charge in [-0.25, -0.2) is 0 Å². The number of nitrogens with two attached hydrogens (primary N) is 1. The zero-order valence-electron chi connectivity index (χ0n) is 17.7. The molecule has 0 bridgehead atoms. The summed E-state index contributed by atoms with van der Waals surface area (Å²) < 4.78 is 1.94. The summed E-state index contributed by atoms with van der Waals surface area (Å²) in [6.45, 7) is 6.08. The number of nitriles is 1. The van der Waals surface area contributed by atoms with E-state index in [2.05, 4.69) is 30.7 Å². The van der Waals surface area contributed by atoms with E-state index in [-0.39, 0.29) is 30.4 Å². The third kappa shape index (κ3) is 12.2. The van der Waals surface area contributed by atoms with Crippen LogP contribution in [-0.2, 0) is 0 Å². The predicted molar refractivity (Wildman–Crippen MR) is 113 cm³/mol. The second-order valence-electron chi connectivity index (χ2n) is 7.51. The normalized spacial score (nSPS) is 13.8. The quantitative estimate of drug-likeness (QED) is 0.274. The van der Waals surface area contributed by atoms with Gasteiger partial charge in [0.25, 0.3) is 0 Å². The van der Waals surface area contributed by atoms with E-state index in [4.69, 9.17) is 5.73 Å². The minimum atomic E-state index is -0.110. The van der Waals surface area contributed by atoms with Gasteiger partial charge in [0.15, 0.2) is 12.4 Å². The monoisotopic (exact) mass is 409 g/mol. The molecule has 28 heavy (non-hydrogen) atoms. The maximum absolute atomic E-state index is 9.74. The minimum Gasteiger partial charge on any atom is -1.00 e. The first-order valence-corrected chi connectivity index (χ1v) is 10.8. The van der Waals surface area contributed by atoms with Crippen LogP contribution in [-0.4, -0.2) is 25.2 Å². The molecule has 0 amide bonds. The van der Waals surface area contributed by atoms with E-state index in [1.807, 2.05) is 35.3 Å². The lowest BCUT2D eigenvalue weighted by Crippen LogP contribution is -3.00. The molecule has 0 saturated heterocycles. The van der Waals surface area contributed by atoms with Crippen LogP contribution >= 0.6 is 0 Å². The number of unbranched alkanes of at least 4 members (excludes halogenated alkanes) is 5. The average molecular weight is 410 g/mol. The molecule has 5 nitrogen and oxygen atoms in total. The Morgan fingerprint density at radius 3 is 2.32 bits per heavy atom. The Bertz CT molecular complexity index is 505. The third-order valence-electron chi connectivity index (χ3n) is 4.99. The van der Waals surface area contributed by atoms with Crippen LogP contribution in [0.25, 0.3) is 0 Å². The Labute approximate surface area is 178 Å². The fourth-order valence-corrected chi connectivity index (χ4v) is 3.27. The van der Waals surface area contributed by atoms with E-state index >= 15 is 0 Å². The summed E-state index contributed by atoms with van der Waals surface area (Å²) in [7, 11) is 0.